The molecule has 3 aromatic rings. The van der Waals surface area contributed by atoms with Gasteiger partial charge in [-0.3, -0.25) is 4.79 Å². The summed E-state index contributed by atoms with van der Waals surface area (Å²) in [6, 6.07) is 11.0. The maximum atomic E-state index is 14.0. The van der Waals surface area contributed by atoms with E-state index in [4.69, 9.17) is 10.7 Å². The van der Waals surface area contributed by atoms with Gasteiger partial charge in [0.25, 0.3) is 0 Å². The minimum Gasteiger partial charge on any atom is -0.340 e. The number of imidazole rings is 1. The molecule has 162 valence electrons. The highest BCUT2D eigenvalue weighted by Crippen LogP contribution is 2.39. The second-order valence-corrected chi connectivity index (χ2v) is 8.43. The predicted octanol–water partition coefficient (Wildman–Crippen LogP) is 3.92. The first-order valence-corrected chi connectivity index (χ1v) is 10.1. The Morgan fingerprint density at radius 1 is 1.23 bits per heavy atom. The fraction of sp³-hybridized carbons (Fsp3) is 0.304. The van der Waals surface area contributed by atoms with Crippen LogP contribution < -0.4 is 11.1 Å². The number of hydrogen-bond donors (Lipinski definition) is 2. The van der Waals surface area contributed by atoms with Crippen molar-refractivity contribution in [3.05, 3.63) is 65.5 Å². The fourth-order valence-electron chi connectivity index (χ4n) is 4.11. The van der Waals surface area contributed by atoms with Crippen molar-refractivity contribution >= 4 is 17.4 Å². The van der Waals surface area contributed by atoms with Gasteiger partial charge in [0.05, 0.1) is 18.6 Å². The fourth-order valence-corrected chi connectivity index (χ4v) is 4.11. The van der Waals surface area contributed by atoms with E-state index in [0.717, 1.165) is 0 Å². The Morgan fingerprint density at radius 2 is 2.00 bits per heavy atom. The standard InChI is InChI=1S/C23H25F2N5O/c1-14-9-17(7-8-18(14)25)27-22-21(15-5-4-6-16(24)10-15)28-19-12-29(20(31)11-26)13-23(2,3)30(19)22/h4-10,27H,11-13,26H2,1-3H3. The lowest BCUT2D eigenvalue weighted by molar-refractivity contribution is -0.132. The van der Waals surface area contributed by atoms with E-state index in [1.54, 1.807) is 36.1 Å². The van der Waals surface area contributed by atoms with Gasteiger partial charge >= 0.3 is 0 Å². The van der Waals surface area contributed by atoms with Gasteiger partial charge < -0.3 is 20.5 Å². The van der Waals surface area contributed by atoms with Gasteiger partial charge in [-0.15, -0.1) is 0 Å². The highest BCUT2D eigenvalue weighted by Gasteiger charge is 2.37. The number of nitrogens with two attached hydrogens (primary N) is 1. The SMILES string of the molecule is Cc1cc(Nc2c(-c3cccc(F)c3)nc3n2C(C)(C)CN(C(=O)CN)C3)ccc1F. The minimum absolute atomic E-state index is 0.0759. The highest BCUT2D eigenvalue weighted by molar-refractivity contribution is 5.80. The first-order chi connectivity index (χ1) is 14.7. The maximum absolute atomic E-state index is 14.0. The van der Waals surface area contributed by atoms with Crippen molar-refractivity contribution in [2.75, 3.05) is 18.4 Å². The van der Waals surface area contributed by atoms with Crippen molar-refractivity contribution in [3.8, 4) is 11.3 Å². The Bertz CT molecular complexity index is 1150. The van der Waals surface area contributed by atoms with Crippen LogP contribution in [0.25, 0.3) is 11.3 Å². The molecule has 31 heavy (non-hydrogen) atoms. The summed E-state index contributed by atoms with van der Waals surface area (Å²) in [5.41, 5.74) is 7.44. The Labute approximate surface area is 179 Å². The van der Waals surface area contributed by atoms with Gasteiger partial charge in [-0.05, 0) is 56.7 Å². The van der Waals surface area contributed by atoms with E-state index in [-0.39, 0.29) is 24.1 Å². The van der Waals surface area contributed by atoms with E-state index in [1.165, 1.54) is 18.2 Å². The molecule has 0 saturated heterocycles. The first kappa shape index (κ1) is 21.0. The number of carbonyl (C=O) groups is 1. The van der Waals surface area contributed by atoms with Crippen molar-refractivity contribution in [2.24, 2.45) is 5.73 Å². The van der Waals surface area contributed by atoms with Crippen LogP contribution in [0.4, 0.5) is 20.3 Å². The number of hydrogen-bond acceptors (Lipinski definition) is 4. The second-order valence-electron chi connectivity index (χ2n) is 8.43. The molecular weight excluding hydrogens is 400 g/mol. The molecule has 1 aliphatic rings. The van der Waals surface area contributed by atoms with Gasteiger partial charge in [0.2, 0.25) is 5.91 Å². The number of amides is 1. The number of aryl methyl sites for hydroxylation is 1. The van der Waals surface area contributed by atoms with E-state index in [1.807, 2.05) is 18.4 Å². The smallest absolute Gasteiger partial charge is 0.236 e. The number of aromatic nitrogens is 2. The summed E-state index contributed by atoms with van der Waals surface area (Å²) in [7, 11) is 0. The highest BCUT2D eigenvalue weighted by atomic mass is 19.1. The third kappa shape index (κ3) is 3.90. The zero-order valence-corrected chi connectivity index (χ0v) is 17.7. The normalized spacial score (nSPS) is 15.0. The number of carbonyl (C=O) groups excluding carboxylic acids is 1. The van der Waals surface area contributed by atoms with Crippen molar-refractivity contribution < 1.29 is 13.6 Å². The molecule has 0 atom stereocenters. The summed E-state index contributed by atoms with van der Waals surface area (Å²) >= 11 is 0. The van der Waals surface area contributed by atoms with E-state index in [2.05, 4.69) is 5.32 Å². The quantitative estimate of drug-likeness (QED) is 0.664. The summed E-state index contributed by atoms with van der Waals surface area (Å²) in [5.74, 6) is 0.516. The number of anilines is 2. The van der Waals surface area contributed by atoms with Crippen LogP contribution in [0, 0.1) is 18.6 Å². The van der Waals surface area contributed by atoms with Crippen LogP contribution in [0.3, 0.4) is 0 Å². The summed E-state index contributed by atoms with van der Waals surface area (Å²) in [6.07, 6.45) is 0. The van der Waals surface area contributed by atoms with Crippen molar-refractivity contribution in [2.45, 2.75) is 32.9 Å². The summed E-state index contributed by atoms with van der Waals surface area (Å²) < 4.78 is 29.8. The van der Waals surface area contributed by atoms with E-state index in [0.29, 0.717) is 47.2 Å². The Balaban J connectivity index is 1.88. The molecule has 8 heteroatoms. The van der Waals surface area contributed by atoms with Gasteiger partial charge in [0, 0.05) is 17.8 Å². The molecule has 1 amide bonds. The molecule has 6 nitrogen and oxygen atoms in total. The van der Waals surface area contributed by atoms with Crippen LogP contribution >= 0.6 is 0 Å². The molecule has 0 aliphatic carbocycles. The maximum Gasteiger partial charge on any atom is 0.236 e. The van der Waals surface area contributed by atoms with Gasteiger partial charge in [0.15, 0.2) is 0 Å². The molecular formula is C23H25F2N5O. The molecule has 0 radical (unpaired) electrons. The Morgan fingerprint density at radius 3 is 2.68 bits per heavy atom. The molecule has 4 rings (SSSR count). The molecule has 1 aliphatic heterocycles. The molecule has 0 saturated carbocycles. The van der Waals surface area contributed by atoms with Gasteiger partial charge in [-0.25, -0.2) is 13.8 Å². The number of halogens is 2. The molecule has 0 fully saturated rings. The van der Waals surface area contributed by atoms with Gasteiger partial charge in [0.1, 0.15) is 29.0 Å². The minimum atomic E-state index is -0.506. The van der Waals surface area contributed by atoms with Crippen molar-refractivity contribution in [3.63, 3.8) is 0 Å². The Kier molecular flexibility index (Phi) is 5.26. The van der Waals surface area contributed by atoms with Crippen LogP contribution in [0.15, 0.2) is 42.5 Å². The third-order valence-corrected chi connectivity index (χ3v) is 5.51. The monoisotopic (exact) mass is 425 g/mol. The predicted molar refractivity (Wildman–Crippen MR) is 116 cm³/mol. The Hall–Kier alpha value is -3.26. The molecule has 0 bridgehead atoms. The van der Waals surface area contributed by atoms with Crippen molar-refractivity contribution in [1.82, 2.24) is 14.5 Å². The lowest BCUT2D eigenvalue weighted by Crippen LogP contribution is -2.50. The number of benzene rings is 2. The summed E-state index contributed by atoms with van der Waals surface area (Å²) in [6.45, 7) is 6.38. The molecule has 3 N–H and O–H groups in total. The lowest BCUT2D eigenvalue weighted by Gasteiger charge is -2.40. The number of nitrogens with one attached hydrogen (secondary N) is 1. The average Bonchev–Trinajstić information content (AvgIpc) is 3.09. The topological polar surface area (TPSA) is 76.2 Å². The molecule has 2 heterocycles. The van der Waals surface area contributed by atoms with Gasteiger partial charge in [-0.1, -0.05) is 12.1 Å². The lowest BCUT2D eigenvalue weighted by atomic mass is 10.0. The summed E-state index contributed by atoms with van der Waals surface area (Å²) in [5, 5.41) is 3.36. The van der Waals surface area contributed by atoms with E-state index >= 15 is 0 Å². The average molecular weight is 425 g/mol. The van der Waals surface area contributed by atoms with Crippen molar-refractivity contribution in [1.29, 1.82) is 0 Å². The zero-order chi connectivity index (χ0) is 22.3. The third-order valence-electron chi connectivity index (χ3n) is 5.51. The summed E-state index contributed by atoms with van der Waals surface area (Å²) in [4.78, 5) is 18.8. The van der Waals surface area contributed by atoms with Gasteiger partial charge in [-0.2, -0.15) is 0 Å². The largest absolute Gasteiger partial charge is 0.340 e. The molecule has 0 spiro atoms. The number of nitrogens with zero attached hydrogens (tertiary/aromatic N) is 3. The number of fused-ring (bicyclic) bond motifs is 1. The van der Waals surface area contributed by atoms with Crippen LogP contribution in [0.2, 0.25) is 0 Å². The van der Waals surface area contributed by atoms with Crippen LogP contribution in [0.5, 0.6) is 0 Å². The van der Waals surface area contributed by atoms with Crippen LogP contribution in [0.1, 0.15) is 25.2 Å². The van der Waals surface area contributed by atoms with E-state index in [9.17, 15) is 13.6 Å². The molecule has 2 aromatic carbocycles. The van der Waals surface area contributed by atoms with Crippen LogP contribution in [-0.4, -0.2) is 33.4 Å². The zero-order valence-electron chi connectivity index (χ0n) is 17.7. The van der Waals surface area contributed by atoms with E-state index < -0.39 is 5.54 Å². The van der Waals surface area contributed by atoms with Crippen LogP contribution in [-0.2, 0) is 16.9 Å². The number of rotatable bonds is 4. The first-order valence-electron chi connectivity index (χ1n) is 10.1. The second kappa shape index (κ2) is 7.77. The molecule has 1 aromatic heterocycles. The molecule has 0 unspecified atom stereocenters.